The number of para-hydroxylation sites is 4. The predicted octanol–water partition coefficient (Wildman–Crippen LogP) is 8.97. The van der Waals surface area contributed by atoms with Crippen molar-refractivity contribution in [3.63, 3.8) is 0 Å². The molecule has 5 aromatic carbocycles. The third-order valence-electron chi connectivity index (χ3n) is 6.48. The molecule has 0 bridgehead atoms. The van der Waals surface area contributed by atoms with Crippen LogP contribution in [0.5, 0.6) is 0 Å². The molecule has 2 heterocycles. The summed E-state index contributed by atoms with van der Waals surface area (Å²) in [6.07, 6.45) is 0. The summed E-state index contributed by atoms with van der Waals surface area (Å²) in [5, 5.41) is 0. The van der Waals surface area contributed by atoms with E-state index >= 15 is 0 Å². The minimum absolute atomic E-state index is 0.851. The van der Waals surface area contributed by atoms with E-state index in [1.165, 1.54) is 20.5 Å². The van der Waals surface area contributed by atoms with Crippen molar-refractivity contribution in [3.8, 4) is 11.4 Å². The highest BCUT2D eigenvalue weighted by molar-refractivity contribution is 7.24. The van der Waals surface area contributed by atoms with Crippen molar-refractivity contribution in [3.05, 3.63) is 121 Å². The molecule has 0 amide bonds. The molecule has 0 fully saturated rings. The van der Waals surface area contributed by atoms with E-state index in [1.807, 2.05) is 23.5 Å². The molecule has 35 heavy (non-hydrogen) atoms. The van der Waals surface area contributed by atoms with Gasteiger partial charge in [-0.25, -0.2) is 0 Å². The van der Waals surface area contributed by atoms with E-state index in [0.29, 0.717) is 0 Å². The second-order valence-electron chi connectivity index (χ2n) is 8.77. The number of aromatic nitrogens is 2. The molecule has 168 valence electrons. The van der Waals surface area contributed by atoms with E-state index < -0.39 is 0 Å². The number of aryl methyl sites for hydroxylation is 1. The molecule has 7 aromatic rings. The number of nitrogens with zero attached hydrogens (tertiary/aromatic N) is 2. The zero-order chi connectivity index (χ0) is 23.4. The summed E-state index contributed by atoms with van der Waals surface area (Å²) in [6, 6.07) is 40.5. The predicted molar refractivity (Wildman–Crippen MR) is 148 cm³/mol. The van der Waals surface area contributed by atoms with E-state index in [-0.39, 0.29) is 0 Å². The fourth-order valence-corrected chi connectivity index (χ4v) is 5.90. The van der Waals surface area contributed by atoms with Crippen molar-refractivity contribution < 1.29 is 4.42 Å². The number of hydrogen-bond acceptors (Lipinski definition) is 2. The van der Waals surface area contributed by atoms with Gasteiger partial charge in [0.1, 0.15) is 0 Å². The first kappa shape index (κ1) is 20.1. The Hall–Kier alpha value is -4.28. The normalized spacial score (nSPS) is 11.6. The van der Waals surface area contributed by atoms with Gasteiger partial charge in [-0.2, -0.15) is 0 Å². The van der Waals surface area contributed by atoms with Gasteiger partial charge in [-0.05, 0) is 61.5 Å². The average molecular weight is 471 g/mol. The van der Waals surface area contributed by atoms with Gasteiger partial charge in [0.25, 0.3) is 0 Å². The van der Waals surface area contributed by atoms with Crippen LogP contribution >= 0.6 is 11.3 Å². The highest BCUT2D eigenvalue weighted by Crippen LogP contribution is 2.36. The molecule has 2 aromatic heterocycles. The number of fused-ring (bicyclic) bond motifs is 4. The zero-order valence-corrected chi connectivity index (χ0v) is 20.0. The lowest BCUT2D eigenvalue weighted by atomic mass is 10.2. The van der Waals surface area contributed by atoms with Crippen LogP contribution in [-0.2, 0) is 0 Å². The van der Waals surface area contributed by atoms with E-state index in [9.17, 15) is 0 Å². The van der Waals surface area contributed by atoms with Gasteiger partial charge in [0.2, 0.25) is 0 Å². The van der Waals surface area contributed by atoms with Crippen LogP contribution in [0, 0.1) is 6.92 Å². The monoisotopic (exact) mass is 470 g/mol. The molecule has 3 nitrogen and oxygen atoms in total. The molecule has 0 aliphatic heterocycles. The highest BCUT2D eigenvalue weighted by Gasteiger charge is 2.15. The second-order valence-corrected chi connectivity index (χ2v) is 9.85. The van der Waals surface area contributed by atoms with Crippen molar-refractivity contribution in [2.75, 3.05) is 0 Å². The number of benzene rings is 5. The zero-order valence-electron chi connectivity index (χ0n) is 19.2. The first-order valence-corrected chi connectivity index (χ1v) is 12.5. The molecule has 0 N–H and O–H groups in total. The molecule has 0 unspecified atom stereocenters. The minimum Gasteiger partial charge on any atom is -0.453 e. The van der Waals surface area contributed by atoms with Gasteiger partial charge in [-0.15, -0.1) is 11.3 Å². The molecule has 7 rings (SSSR count). The minimum atomic E-state index is 0.851. The summed E-state index contributed by atoms with van der Waals surface area (Å²) in [4.78, 5) is 0. The molecular weight excluding hydrogens is 448 g/mol. The third kappa shape index (κ3) is 3.26. The standard InChI is InChI=1S/C31H22N2OS/c1-21-15-17-23(18-16-21)32-24-11-5-7-13-28(24)34-29-19-27-31(20-26(29)32)35-30-14-8-6-12-25(30)33(27)22-9-3-2-4-10-22/h2-20H,1H3. The molecule has 0 aliphatic carbocycles. The third-order valence-corrected chi connectivity index (χ3v) is 7.59. The van der Waals surface area contributed by atoms with Gasteiger partial charge in [-0.3, -0.25) is 0 Å². The largest absolute Gasteiger partial charge is 0.453 e. The van der Waals surface area contributed by atoms with Crippen LogP contribution < -0.4 is 0 Å². The summed E-state index contributed by atoms with van der Waals surface area (Å²) in [5.74, 6) is 0. The lowest BCUT2D eigenvalue weighted by molar-refractivity contribution is 0.654. The maximum atomic E-state index is 6.51. The van der Waals surface area contributed by atoms with Crippen molar-refractivity contribution >= 4 is 54.0 Å². The highest BCUT2D eigenvalue weighted by atomic mass is 32.1. The maximum absolute atomic E-state index is 6.51. The topological polar surface area (TPSA) is 23.0 Å². The summed E-state index contributed by atoms with van der Waals surface area (Å²) in [5.41, 5.74) is 9.61. The van der Waals surface area contributed by atoms with Gasteiger partial charge in [0.15, 0.2) is 11.2 Å². The van der Waals surface area contributed by atoms with Crippen molar-refractivity contribution in [1.29, 1.82) is 0 Å². The Morgan fingerprint density at radius 3 is 2.00 bits per heavy atom. The van der Waals surface area contributed by atoms with Crippen LogP contribution in [0.3, 0.4) is 0 Å². The number of rotatable bonds is 2. The van der Waals surface area contributed by atoms with Crippen molar-refractivity contribution in [2.45, 2.75) is 6.92 Å². The Labute approximate surface area is 206 Å². The van der Waals surface area contributed by atoms with E-state index in [0.717, 1.165) is 39.1 Å². The first-order chi connectivity index (χ1) is 17.3. The summed E-state index contributed by atoms with van der Waals surface area (Å²) >= 11 is 1.81. The van der Waals surface area contributed by atoms with Crippen LogP contribution in [0.25, 0.3) is 54.0 Å². The fourth-order valence-electron chi connectivity index (χ4n) is 4.83. The van der Waals surface area contributed by atoms with Crippen LogP contribution in [0.1, 0.15) is 5.56 Å². The van der Waals surface area contributed by atoms with Crippen LogP contribution in [0.15, 0.2) is 120 Å². The Balaban J connectivity index is 1.67. The second kappa shape index (κ2) is 7.90. The molecular formula is C31H22N2OS. The van der Waals surface area contributed by atoms with Crippen molar-refractivity contribution in [1.82, 2.24) is 9.13 Å². The Morgan fingerprint density at radius 2 is 1.17 bits per heavy atom. The average Bonchev–Trinajstić information content (AvgIpc) is 2.90. The van der Waals surface area contributed by atoms with Crippen LogP contribution in [-0.4, -0.2) is 9.13 Å². The van der Waals surface area contributed by atoms with Crippen LogP contribution in [0.2, 0.25) is 0 Å². The Bertz CT molecular complexity index is 1900. The molecule has 0 radical (unpaired) electrons. The smallest absolute Gasteiger partial charge is 0.153 e. The molecule has 0 saturated carbocycles. The Kier molecular flexibility index (Phi) is 4.54. The Morgan fingerprint density at radius 1 is 0.514 bits per heavy atom. The quantitative estimate of drug-likeness (QED) is 0.231. The first-order valence-electron chi connectivity index (χ1n) is 11.7. The molecule has 0 aliphatic rings. The lowest BCUT2D eigenvalue weighted by Crippen LogP contribution is -2.02. The molecule has 0 spiro atoms. The van der Waals surface area contributed by atoms with E-state index in [2.05, 4.69) is 119 Å². The SMILES string of the molecule is Cc1ccc(-n2c3ccccc3oc3cc4c(cc32)sc2ccccc2n4-c2ccccc2)cc1. The number of hydrogen-bond donors (Lipinski definition) is 0. The van der Waals surface area contributed by atoms with E-state index in [4.69, 9.17) is 4.42 Å². The van der Waals surface area contributed by atoms with Gasteiger partial charge in [0, 0.05) is 17.4 Å². The van der Waals surface area contributed by atoms with Gasteiger partial charge in [-0.1, -0.05) is 60.2 Å². The van der Waals surface area contributed by atoms with Crippen LogP contribution in [0.4, 0.5) is 0 Å². The van der Waals surface area contributed by atoms with Gasteiger partial charge >= 0.3 is 0 Å². The van der Waals surface area contributed by atoms with Gasteiger partial charge in [0.05, 0.1) is 31.5 Å². The summed E-state index contributed by atoms with van der Waals surface area (Å²) < 4.78 is 13.6. The van der Waals surface area contributed by atoms with E-state index in [1.54, 1.807) is 0 Å². The fraction of sp³-hybridized carbons (Fsp3) is 0.0323. The summed E-state index contributed by atoms with van der Waals surface area (Å²) in [7, 11) is 0. The van der Waals surface area contributed by atoms with Gasteiger partial charge < -0.3 is 13.6 Å². The molecule has 0 atom stereocenters. The molecule has 0 saturated heterocycles. The molecule has 4 heteroatoms. The summed E-state index contributed by atoms with van der Waals surface area (Å²) in [6.45, 7) is 2.12. The maximum Gasteiger partial charge on any atom is 0.153 e. The lowest BCUT2D eigenvalue weighted by Gasteiger charge is -2.19. The van der Waals surface area contributed by atoms with Crippen molar-refractivity contribution in [2.24, 2.45) is 0 Å².